The van der Waals surface area contributed by atoms with Crippen molar-refractivity contribution < 1.29 is 0 Å². The van der Waals surface area contributed by atoms with Crippen molar-refractivity contribution in [1.29, 1.82) is 0 Å². The van der Waals surface area contributed by atoms with Gasteiger partial charge in [0.15, 0.2) is 0 Å². The predicted octanol–water partition coefficient (Wildman–Crippen LogP) is 8.77. The van der Waals surface area contributed by atoms with Crippen LogP contribution in [0.3, 0.4) is 0 Å². The molecule has 0 fully saturated rings. The van der Waals surface area contributed by atoms with Gasteiger partial charge in [0.1, 0.15) is 0 Å². The molecule has 0 aliphatic heterocycles. The molecule has 0 heterocycles. The lowest BCUT2D eigenvalue weighted by Gasteiger charge is -2.23. The van der Waals surface area contributed by atoms with Crippen LogP contribution in [-0.2, 0) is 25.7 Å². The van der Waals surface area contributed by atoms with Gasteiger partial charge in [-0.1, -0.05) is 194 Å². The van der Waals surface area contributed by atoms with E-state index in [0.29, 0.717) is 0 Å². The lowest BCUT2D eigenvalue weighted by molar-refractivity contribution is 0.899. The van der Waals surface area contributed by atoms with E-state index in [-0.39, 0.29) is 0 Å². The van der Waals surface area contributed by atoms with Crippen LogP contribution >= 0.6 is 15.8 Å². The van der Waals surface area contributed by atoms with Crippen molar-refractivity contribution in [3.63, 3.8) is 0 Å². The fourth-order valence-corrected chi connectivity index (χ4v) is 11.6. The standard InChI is InChI=1S/C46H40P2/c1-5-23-41(24-6-1)47(42-25-7-2-8-26-42)45-31-17-15-21-39(45)35-33-37-19-13-14-20-38(37)34-36-40-22-16-18-32-46(40)48(43-27-9-3-10-28-43)44-29-11-4-12-30-44/h1-32H,33-36H2. The van der Waals surface area contributed by atoms with Gasteiger partial charge >= 0.3 is 0 Å². The summed E-state index contributed by atoms with van der Waals surface area (Å²) in [5, 5.41) is 8.53. The van der Waals surface area contributed by atoms with E-state index in [9.17, 15) is 0 Å². The lowest BCUT2D eigenvalue weighted by Crippen LogP contribution is -2.23. The Balaban J connectivity index is 1.14. The molecule has 0 bridgehead atoms. The van der Waals surface area contributed by atoms with Crippen molar-refractivity contribution in [3.05, 3.63) is 216 Å². The van der Waals surface area contributed by atoms with Gasteiger partial charge < -0.3 is 0 Å². The fourth-order valence-electron chi connectivity index (χ4n) is 6.63. The number of benzene rings is 7. The maximum absolute atomic E-state index is 2.36. The summed E-state index contributed by atoms with van der Waals surface area (Å²) in [6.07, 6.45) is 4.11. The molecule has 234 valence electrons. The summed E-state index contributed by atoms with van der Waals surface area (Å²) in [6.45, 7) is 0. The van der Waals surface area contributed by atoms with Gasteiger partial charge in [0.25, 0.3) is 0 Å². The van der Waals surface area contributed by atoms with Crippen molar-refractivity contribution in [3.8, 4) is 0 Å². The molecule has 7 aromatic rings. The molecule has 0 saturated heterocycles. The molecule has 0 unspecified atom stereocenters. The van der Waals surface area contributed by atoms with Crippen LogP contribution in [0.4, 0.5) is 0 Å². The predicted molar refractivity (Wildman–Crippen MR) is 212 cm³/mol. The van der Waals surface area contributed by atoms with Crippen molar-refractivity contribution >= 4 is 47.7 Å². The van der Waals surface area contributed by atoms with Crippen LogP contribution in [0.2, 0.25) is 0 Å². The van der Waals surface area contributed by atoms with E-state index in [2.05, 4.69) is 194 Å². The van der Waals surface area contributed by atoms with Crippen LogP contribution in [0.25, 0.3) is 0 Å². The number of aryl methyl sites for hydroxylation is 4. The summed E-state index contributed by atoms with van der Waals surface area (Å²) in [5.41, 5.74) is 5.82. The van der Waals surface area contributed by atoms with E-state index < -0.39 is 15.8 Å². The van der Waals surface area contributed by atoms with Crippen molar-refractivity contribution in [2.75, 3.05) is 0 Å². The molecular formula is C46H40P2. The molecule has 2 heteroatoms. The molecule has 0 nitrogen and oxygen atoms in total. The Morgan fingerprint density at radius 2 is 0.458 bits per heavy atom. The zero-order valence-electron chi connectivity index (χ0n) is 27.2. The van der Waals surface area contributed by atoms with Crippen LogP contribution in [0.15, 0.2) is 194 Å². The number of hydrogen-bond donors (Lipinski definition) is 0. The van der Waals surface area contributed by atoms with Gasteiger partial charge in [0, 0.05) is 0 Å². The Hall–Kier alpha value is -4.60. The molecule has 7 aromatic carbocycles. The Morgan fingerprint density at radius 3 is 0.771 bits per heavy atom. The van der Waals surface area contributed by atoms with Crippen LogP contribution in [0.1, 0.15) is 22.3 Å². The van der Waals surface area contributed by atoms with E-state index in [1.54, 1.807) is 0 Å². The third-order valence-corrected chi connectivity index (χ3v) is 14.1. The highest BCUT2D eigenvalue weighted by atomic mass is 31.1. The normalized spacial score (nSPS) is 11.2. The molecule has 0 aromatic heterocycles. The van der Waals surface area contributed by atoms with E-state index in [1.807, 2.05) is 0 Å². The summed E-state index contributed by atoms with van der Waals surface area (Å²) in [7, 11) is -1.28. The molecule has 0 aliphatic rings. The first-order valence-corrected chi connectivity index (χ1v) is 19.6. The fraction of sp³-hybridized carbons (Fsp3) is 0.0870. The minimum atomic E-state index is -0.639. The molecule has 0 spiro atoms. The molecule has 0 N–H and O–H groups in total. The average Bonchev–Trinajstić information content (AvgIpc) is 3.16. The zero-order valence-corrected chi connectivity index (χ0v) is 29.0. The second-order valence-corrected chi connectivity index (χ2v) is 16.4. The van der Waals surface area contributed by atoms with Gasteiger partial charge in [0.05, 0.1) is 0 Å². The largest absolute Gasteiger partial charge is 0.0622 e. The van der Waals surface area contributed by atoms with E-state index >= 15 is 0 Å². The number of hydrogen-bond acceptors (Lipinski definition) is 0. The Bertz CT molecular complexity index is 1790. The molecule has 7 rings (SSSR count). The molecule has 0 atom stereocenters. The monoisotopic (exact) mass is 654 g/mol. The molecule has 0 radical (unpaired) electrons. The third-order valence-electron chi connectivity index (χ3n) is 8.97. The van der Waals surface area contributed by atoms with Gasteiger partial charge in [-0.15, -0.1) is 0 Å². The summed E-state index contributed by atoms with van der Waals surface area (Å²) in [6, 6.07) is 71.6. The smallest absolute Gasteiger partial charge is 0.0119 e. The van der Waals surface area contributed by atoms with E-state index in [4.69, 9.17) is 0 Å². The molecule has 48 heavy (non-hydrogen) atoms. The first-order valence-electron chi connectivity index (χ1n) is 16.9. The highest BCUT2D eigenvalue weighted by Crippen LogP contribution is 2.36. The highest BCUT2D eigenvalue weighted by molar-refractivity contribution is 7.80. The average molecular weight is 655 g/mol. The summed E-state index contributed by atoms with van der Waals surface area (Å²) in [5.74, 6) is 0. The maximum Gasteiger partial charge on any atom is -0.0119 e. The van der Waals surface area contributed by atoms with Crippen LogP contribution < -0.4 is 31.8 Å². The zero-order chi connectivity index (χ0) is 32.4. The van der Waals surface area contributed by atoms with E-state index in [1.165, 1.54) is 54.1 Å². The second-order valence-electron chi connectivity index (χ2n) is 12.0. The minimum Gasteiger partial charge on any atom is -0.0622 e. The Labute approximate surface area is 288 Å². The van der Waals surface area contributed by atoms with Crippen LogP contribution in [0, 0.1) is 0 Å². The van der Waals surface area contributed by atoms with Crippen LogP contribution in [0.5, 0.6) is 0 Å². The molecular weight excluding hydrogens is 614 g/mol. The van der Waals surface area contributed by atoms with Crippen molar-refractivity contribution in [1.82, 2.24) is 0 Å². The summed E-state index contributed by atoms with van der Waals surface area (Å²) >= 11 is 0. The second kappa shape index (κ2) is 16.0. The summed E-state index contributed by atoms with van der Waals surface area (Å²) < 4.78 is 0. The topological polar surface area (TPSA) is 0 Å². The molecule has 0 amide bonds. The highest BCUT2D eigenvalue weighted by Gasteiger charge is 2.21. The van der Waals surface area contributed by atoms with Crippen LogP contribution in [-0.4, -0.2) is 0 Å². The third kappa shape index (κ3) is 7.58. The van der Waals surface area contributed by atoms with Gasteiger partial charge in [-0.25, -0.2) is 0 Å². The van der Waals surface area contributed by atoms with Crippen molar-refractivity contribution in [2.24, 2.45) is 0 Å². The van der Waals surface area contributed by atoms with E-state index in [0.717, 1.165) is 25.7 Å². The number of rotatable bonds is 12. The Kier molecular flexibility index (Phi) is 10.7. The first kappa shape index (κ1) is 32.0. The first-order chi connectivity index (χ1) is 23.8. The SMILES string of the molecule is c1ccc(P(c2ccccc2)c2ccccc2CCc2ccccc2CCc2ccccc2P(c2ccccc2)c2ccccc2)cc1. The van der Waals surface area contributed by atoms with Gasteiger partial charge in [-0.2, -0.15) is 0 Å². The lowest BCUT2D eigenvalue weighted by atomic mass is 9.95. The quantitative estimate of drug-likeness (QED) is 0.116. The molecule has 0 aliphatic carbocycles. The van der Waals surface area contributed by atoms with Gasteiger partial charge in [-0.3, -0.25) is 0 Å². The maximum atomic E-state index is 2.36. The van der Waals surface area contributed by atoms with Gasteiger partial charge in [0.2, 0.25) is 0 Å². The summed E-state index contributed by atoms with van der Waals surface area (Å²) in [4.78, 5) is 0. The Morgan fingerprint density at radius 1 is 0.229 bits per heavy atom. The molecule has 0 saturated carbocycles. The van der Waals surface area contributed by atoms with Gasteiger partial charge in [-0.05, 0) is 95.6 Å². The van der Waals surface area contributed by atoms with Crippen molar-refractivity contribution in [2.45, 2.75) is 25.7 Å². The minimum absolute atomic E-state index is 0.639.